The molecule has 0 aliphatic carbocycles. The molecule has 1 aliphatic rings. The average Bonchev–Trinajstić information content (AvgIpc) is 2.52. The van der Waals surface area contributed by atoms with E-state index in [-0.39, 0.29) is 6.03 Å². The zero-order valence-corrected chi connectivity index (χ0v) is 7.86. The van der Waals surface area contributed by atoms with E-state index in [4.69, 9.17) is 9.47 Å². The maximum absolute atomic E-state index is 11.0. The predicted molar refractivity (Wildman–Crippen MR) is 51.5 cm³/mol. The van der Waals surface area contributed by atoms with E-state index in [1.165, 1.54) is 0 Å². The molecule has 0 aromatic heterocycles. The minimum Gasteiger partial charge on any atom is -0.350 e. The van der Waals surface area contributed by atoms with Crippen molar-refractivity contribution in [1.82, 2.24) is 10.6 Å². The molecule has 1 fully saturated rings. The molecule has 0 spiro atoms. The number of hydrogen-bond donors (Lipinski definition) is 2. The molecule has 78 valence electrons. The number of amides is 2. The largest absolute Gasteiger partial charge is 0.350 e. The second kappa shape index (κ2) is 5.41. The van der Waals surface area contributed by atoms with E-state index in [9.17, 15) is 4.79 Å². The Morgan fingerprint density at radius 2 is 1.57 bits per heavy atom. The van der Waals surface area contributed by atoms with E-state index in [1.807, 2.05) is 0 Å². The topological polar surface area (TPSA) is 59.6 Å². The van der Waals surface area contributed by atoms with Crippen molar-refractivity contribution < 1.29 is 14.3 Å². The first-order valence-electron chi connectivity index (χ1n) is 4.30. The second-order valence-electron chi connectivity index (χ2n) is 2.70. The number of hydrogen-bond acceptors (Lipinski definition) is 3. The predicted octanol–water partition coefficient (Wildman–Crippen LogP) is 0.357. The summed E-state index contributed by atoms with van der Waals surface area (Å²) >= 11 is 0. The molecule has 0 radical (unpaired) electrons. The van der Waals surface area contributed by atoms with Crippen LogP contribution in [0.3, 0.4) is 0 Å². The van der Waals surface area contributed by atoms with E-state index in [0.29, 0.717) is 13.2 Å². The lowest BCUT2D eigenvalue weighted by Crippen LogP contribution is -2.38. The second-order valence-corrected chi connectivity index (χ2v) is 2.70. The summed E-state index contributed by atoms with van der Waals surface area (Å²) in [6.45, 7) is 7.75. The first-order chi connectivity index (χ1) is 6.77. The third-order valence-electron chi connectivity index (χ3n) is 1.61. The standard InChI is InChI=1S/C9H14N2O3/c1-3-5-13-7-8(14-6-4-2)11-9(12)10-7/h3-4,7-8H,1-2,5-6H2,(H2,10,11,12)/t7-,8+. The lowest BCUT2D eigenvalue weighted by Gasteiger charge is -2.17. The van der Waals surface area contributed by atoms with Crippen LogP contribution in [0.15, 0.2) is 25.3 Å². The molecule has 1 rings (SSSR count). The van der Waals surface area contributed by atoms with Crippen LogP contribution in [0.5, 0.6) is 0 Å². The number of carbonyl (C=O) groups is 1. The first-order valence-corrected chi connectivity index (χ1v) is 4.30. The summed E-state index contributed by atoms with van der Waals surface area (Å²) in [5.74, 6) is 0. The summed E-state index contributed by atoms with van der Waals surface area (Å²) in [7, 11) is 0. The van der Waals surface area contributed by atoms with Crippen LogP contribution < -0.4 is 10.6 Å². The molecule has 1 saturated heterocycles. The molecule has 0 aromatic rings. The molecule has 14 heavy (non-hydrogen) atoms. The van der Waals surface area contributed by atoms with Crippen LogP contribution >= 0.6 is 0 Å². The quantitative estimate of drug-likeness (QED) is 0.606. The molecular formula is C9H14N2O3. The third-order valence-corrected chi connectivity index (χ3v) is 1.61. The zero-order valence-electron chi connectivity index (χ0n) is 7.86. The van der Waals surface area contributed by atoms with E-state index in [0.717, 1.165) is 0 Å². The summed E-state index contributed by atoms with van der Waals surface area (Å²) in [6, 6.07) is -0.298. The summed E-state index contributed by atoms with van der Waals surface area (Å²) in [4.78, 5) is 11.0. The van der Waals surface area contributed by atoms with E-state index in [2.05, 4.69) is 23.8 Å². The number of ether oxygens (including phenoxy) is 2. The van der Waals surface area contributed by atoms with E-state index >= 15 is 0 Å². The minimum atomic E-state index is -0.472. The fraction of sp³-hybridized carbons (Fsp3) is 0.444. The highest BCUT2D eigenvalue weighted by molar-refractivity contribution is 5.76. The highest BCUT2D eigenvalue weighted by Gasteiger charge is 2.32. The Bertz CT molecular complexity index is 208. The van der Waals surface area contributed by atoms with Crippen molar-refractivity contribution in [1.29, 1.82) is 0 Å². The van der Waals surface area contributed by atoms with Crippen LogP contribution in [0.2, 0.25) is 0 Å². The zero-order chi connectivity index (χ0) is 10.4. The smallest absolute Gasteiger partial charge is 0.319 e. The molecule has 0 saturated carbocycles. The number of nitrogens with one attached hydrogen (secondary N) is 2. The van der Waals surface area contributed by atoms with Gasteiger partial charge in [-0.25, -0.2) is 4.79 Å². The van der Waals surface area contributed by atoms with Crippen molar-refractivity contribution in [3.8, 4) is 0 Å². The van der Waals surface area contributed by atoms with Gasteiger partial charge in [-0.2, -0.15) is 0 Å². The Labute approximate surface area is 82.8 Å². The molecule has 2 atom stereocenters. The highest BCUT2D eigenvalue weighted by atomic mass is 16.6. The Hall–Kier alpha value is -1.33. The monoisotopic (exact) mass is 198 g/mol. The molecule has 5 heteroatoms. The molecule has 1 heterocycles. The molecular weight excluding hydrogens is 184 g/mol. The SMILES string of the molecule is C=CCO[C@H]1NC(=O)N[C@H]1OCC=C. The van der Waals surface area contributed by atoms with Crippen molar-refractivity contribution in [3.63, 3.8) is 0 Å². The van der Waals surface area contributed by atoms with Gasteiger partial charge in [0.1, 0.15) is 0 Å². The van der Waals surface area contributed by atoms with Crippen LogP contribution in [0.1, 0.15) is 0 Å². The average molecular weight is 198 g/mol. The fourth-order valence-electron chi connectivity index (χ4n) is 1.05. The Kier molecular flexibility index (Phi) is 4.15. The number of carbonyl (C=O) groups excluding carboxylic acids is 1. The molecule has 0 aromatic carbocycles. The molecule has 0 bridgehead atoms. The van der Waals surface area contributed by atoms with Gasteiger partial charge < -0.3 is 20.1 Å². The van der Waals surface area contributed by atoms with Gasteiger partial charge in [-0.1, -0.05) is 12.2 Å². The van der Waals surface area contributed by atoms with Crippen LogP contribution in [-0.4, -0.2) is 31.7 Å². The van der Waals surface area contributed by atoms with Gasteiger partial charge in [0, 0.05) is 0 Å². The molecule has 2 amide bonds. The lowest BCUT2D eigenvalue weighted by molar-refractivity contribution is -0.0570. The van der Waals surface area contributed by atoms with Gasteiger partial charge in [0.2, 0.25) is 0 Å². The summed E-state index contributed by atoms with van der Waals surface area (Å²) in [5.41, 5.74) is 0. The molecule has 0 unspecified atom stereocenters. The molecule has 1 aliphatic heterocycles. The Morgan fingerprint density at radius 1 is 1.14 bits per heavy atom. The Morgan fingerprint density at radius 3 is 1.93 bits per heavy atom. The van der Waals surface area contributed by atoms with E-state index < -0.39 is 12.5 Å². The van der Waals surface area contributed by atoms with Crippen LogP contribution in [-0.2, 0) is 9.47 Å². The third kappa shape index (κ3) is 2.86. The van der Waals surface area contributed by atoms with Crippen molar-refractivity contribution in [3.05, 3.63) is 25.3 Å². The van der Waals surface area contributed by atoms with Crippen LogP contribution in [0.25, 0.3) is 0 Å². The van der Waals surface area contributed by atoms with Gasteiger partial charge in [0.15, 0.2) is 12.5 Å². The number of rotatable bonds is 6. The normalized spacial score (nSPS) is 25.3. The minimum absolute atomic E-state index is 0.298. The van der Waals surface area contributed by atoms with Gasteiger partial charge in [-0.15, -0.1) is 13.2 Å². The summed E-state index contributed by atoms with van der Waals surface area (Å²) in [6.07, 6.45) is 2.27. The lowest BCUT2D eigenvalue weighted by atomic mass is 10.5. The maximum atomic E-state index is 11.0. The summed E-state index contributed by atoms with van der Waals surface area (Å²) in [5, 5.41) is 5.14. The molecule has 5 nitrogen and oxygen atoms in total. The van der Waals surface area contributed by atoms with E-state index in [1.54, 1.807) is 12.2 Å². The Balaban J connectivity index is 2.40. The van der Waals surface area contributed by atoms with Gasteiger partial charge in [-0.05, 0) is 0 Å². The van der Waals surface area contributed by atoms with Crippen LogP contribution in [0, 0.1) is 0 Å². The van der Waals surface area contributed by atoms with Crippen LogP contribution in [0.4, 0.5) is 4.79 Å². The van der Waals surface area contributed by atoms with Crippen molar-refractivity contribution in [2.75, 3.05) is 13.2 Å². The maximum Gasteiger partial charge on any atom is 0.319 e. The molecule has 2 N–H and O–H groups in total. The van der Waals surface area contributed by atoms with Crippen molar-refractivity contribution in [2.24, 2.45) is 0 Å². The number of urea groups is 1. The van der Waals surface area contributed by atoms with Gasteiger partial charge in [-0.3, -0.25) is 0 Å². The summed E-state index contributed by atoms with van der Waals surface area (Å²) < 4.78 is 10.5. The van der Waals surface area contributed by atoms with Gasteiger partial charge >= 0.3 is 6.03 Å². The van der Waals surface area contributed by atoms with Crippen molar-refractivity contribution in [2.45, 2.75) is 12.5 Å². The van der Waals surface area contributed by atoms with Gasteiger partial charge in [0.05, 0.1) is 13.2 Å². The van der Waals surface area contributed by atoms with Crippen molar-refractivity contribution >= 4 is 6.03 Å². The first kappa shape index (κ1) is 10.7. The fourth-order valence-corrected chi connectivity index (χ4v) is 1.05. The highest BCUT2D eigenvalue weighted by Crippen LogP contribution is 2.05. The van der Waals surface area contributed by atoms with Gasteiger partial charge in [0.25, 0.3) is 0 Å².